The number of carbonyl (C=O) groups is 1. The third-order valence-electron chi connectivity index (χ3n) is 1.31. The van der Waals surface area contributed by atoms with E-state index in [0.717, 1.165) is 0 Å². The van der Waals surface area contributed by atoms with Crippen LogP contribution >= 0.6 is 0 Å². The molecule has 0 aromatic rings. The lowest BCUT2D eigenvalue weighted by Crippen LogP contribution is -2.14. The van der Waals surface area contributed by atoms with E-state index in [-0.39, 0.29) is 12.5 Å². The standard InChI is InChI=1S/C9H13NO3/c1-7(2)9(12)13-5-8(3)4-10-6-11/h8H,1,4-5H2,2-3H3. The second kappa shape index (κ2) is 6.14. The molecule has 0 fully saturated rings. The van der Waals surface area contributed by atoms with E-state index in [1.807, 2.05) is 6.92 Å². The van der Waals surface area contributed by atoms with Crippen LogP contribution in [0, 0.1) is 5.92 Å². The zero-order chi connectivity index (χ0) is 10.3. The van der Waals surface area contributed by atoms with Crippen molar-refractivity contribution in [3.05, 3.63) is 12.2 Å². The smallest absolute Gasteiger partial charge is 0.333 e. The van der Waals surface area contributed by atoms with Gasteiger partial charge in [0.1, 0.15) is 0 Å². The monoisotopic (exact) mass is 183 g/mol. The number of aliphatic imine (C=N–C) groups is 1. The Balaban J connectivity index is 3.69. The van der Waals surface area contributed by atoms with Crippen molar-refractivity contribution in [3.8, 4) is 0 Å². The van der Waals surface area contributed by atoms with Crippen LogP contribution in [0.3, 0.4) is 0 Å². The van der Waals surface area contributed by atoms with E-state index in [0.29, 0.717) is 12.1 Å². The molecular weight excluding hydrogens is 170 g/mol. The van der Waals surface area contributed by atoms with Gasteiger partial charge in [0.2, 0.25) is 6.08 Å². The Morgan fingerprint density at radius 1 is 1.69 bits per heavy atom. The van der Waals surface area contributed by atoms with E-state index < -0.39 is 5.97 Å². The summed E-state index contributed by atoms with van der Waals surface area (Å²) < 4.78 is 4.83. The summed E-state index contributed by atoms with van der Waals surface area (Å²) in [7, 11) is 0. The van der Waals surface area contributed by atoms with E-state index in [2.05, 4.69) is 11.6 Å². The van der Waals surface area contributed by atoms with Gasteiger partial charge in [-0.15, -0.1) is 0 Å². The first-order chi connectivity index (χ1) is 6.07. The predicted octanol–water partition coefficient (Wildman–Crippen LogP) is 1.08. The summed E-state index contributed by atoms with van der Waals surface area (Å²) in [6.07, 6.45) is 1.43. The first-order valence-corrected chi connectivity index (χ1v) is 3.94. The van der Waals surface area contributed by atoms with Crippen molar-refractivity contribution in [1.29, 1.82) is 0 Å². The fourth-order valence-corrected chi connectivity index (χ4v) is 0.587. The minimum Gasteiger partial charge on any atom is -0.462 e. The second-order valence-corrected chi connectivity index (χ2v) is 2.92. The molecule has 0 aliphatic heterocycles. The number of hydrogen-bond acceptors (Lipinski definition) is 4. The van der Waals surface area contributed by atoms with Crippen LogP contribution in [0.4, 0.5) is 0 Å². The molecule has 0 aliphatic carbocycles. The summed E-state index contributed by atoms with van der Waals surface area (Å²) in [6.45, 7) is 7.41. The molecule has 72 valence electrons. The predicted molar refractivity (Wildman–Crippen MR) is 47.9 cm³/mol. The van der Waals surface area contributed by atoms with Crippen LogP contribution in [-0.2, 0) is 14.3 Å². The third kappa shape index (κ3) is 5.82. The largest absolute Gasteiger partial charge is 0.462 e. The molecule has 0 spiro atoms. The fraction of sp³-hybridized carbons (Fsp3) is 0.556. The SMILES string of the molecule is C=C(C)C(=O)OCC(C)CN=C=O. The van der Waals surface area contributed by atoms with Crippen molar-refractivity contribution >= 4 is 12.0 Å². The van der Waals surface area contributed by atoms with Crippen LogP contribution < -0.4 is 0 Å². The molecule has 1 unspecified atom stereocenters. The Bertz CT molecular complexity index is 241. The molecule has 4 nitrogen and oxygen atoms in total. The van der Waals surface area contributed by atoms with Gasteiger partial charge in [0.25, 0.3) is 0 Å². The van der Waals surface area contributed by atoms with E-state index >= 15 is 0 Å². The summed E-state index contributed by atoms with van der Waals surface area (Å²) in [6, 6.07) is 0. The van der Waals surface area contributed by atoms with Crippen LogP contribution in [0.5, 0.6) is 0 Å². The molecule has 0 radical (unpaired) electrons. The highest BCUT2D eigenvalue weighted by atomic mass is 16.5. The Kier molecular flexibility index (Phi) is 5.48. The molecule has 13 heavy (non-hydrogen) atoms. The first-order valence-electron chi connectivity index (χ1n) is 3.94. The van der Waals surface area contributed by atoms with Gasteiger partial charge in [0, 0.05) is 11.5 Å². The Labute approximate surface area is 77.3 Å². The van der Waals surface area contributed by atoms with Crippen molar-refractivity contribution in [1.82, 2.24) is 0 Å². The van der Waals surface area contributed by atoms with Crippen molar-refractivity contribution in [2.24, 2.45) is 10.9 Å². The van der Waals surface area contributed by atoms with Gasteiger partial charge in [-0.2, -0.15) is 0 Å². The van der Waals surface area contributed by atoms with Crippen molar-refractivity contribution in [3.63, 3.8) is 0 Å². The zero-order valence-corrected chi connectivity index (χ0v) is 7.87. The minimum absolute atomic E-state index is 0.0322. The Morgan fingerprint density at radius 2 is 2.31 bits per heavy atom. The highest BCUT2D eigenvalue weighted by Crippen LogP contribution is 1.99. The maximum Gasteiger partial charge on any atom is 0.333 e. The maximum atomic E-state index is 10.9. The number of rotatable bonds is 5. The molecule has 0 aromatic heterocycles. The molecule has 0 amide bonds. The van der Waals surface area contributed by atoms with Gasteiger partial charge in [-0.25, -0.2) is 14.6 Å². The number of hydrogen-bond donors (Lipinski definition) is 0. The van der Waals surface area contributed by atoms with Crippen LogP contribution in [0.1, 0.15) is 13.8 Å². The molecule has 0 saturated carbocycles. The quantitative estimate of drug-likeness (QED) is 0.277. The van der Waals surface area contributed by atoms with Gasteiger partial charge < -0.3 is 4.74 Å². The first kappa shape index (κ1) is 11.6. The van der Waals surface area contributed by atoms with E-state index in [1.165, 1.54) is 6.08 Å². The zero-order valence-electron chi connectivity index (χ0n) is 7.87. The molecule has 0 saturated heterocycles. The topological polar surface area (TPSA) is 55.7 Å². The number of esters is 1. The van der Waals surface area contributed by atoms with Crippen molar-refractivity contribution < 1.29 is 14.3 Å². The van der Waals surface area contributed by atoms with Gasteiger partial charge in [0.15, 0.2) is 0 Å². The lowest BCUT2D eigenvalue weighted by molar-refractivity contribution is -0.140. The van der Waals surface area contributed by atoms with Crippen LogP contribution in [-0.4, -0.2) is 25.2 Å². The molecule has 0 aliphatic rings. The van der Waals surface area contributed by atoms with Gasteiger partial charge >= 0.3 is 5.97 Å². The second-order valence-electron chi connectivity index (χ2n) is 2.92. The Hall–Kier alpha value is -1.41. The Morgan fingerprint density at radius 3 is 2.77 bits per heavy atom. The van der Waals surface area contributed by atoms with Gasteiger partial charge in [0.05, 0.1) is 13.2 Å². The summed E-state index contributed by atoms with van der Waals surface area (Å²) >= 11 is 0. The average molecular weight is 183 g/mol. The summed E-state index contributed by atoms with van der Waals surface area (Å²) in [5.41, 5.74) is 0.367. The summed E-state index contributed by atoms with van der Waals surface area (Å²) in [5.74, 6) is -0.383. The van der Waals surface area contributed by atoms with Crippen LogP contribution in [0.15, 0.2) is 17.1 Å². The lowest BCUT2D eigenvalue weighted by atomic mass is 10.2. The number of carbonyl (C=O) groups excluding carboxylic acids is 2. The van der Waals surface area contributed by atoms with Crippen molar-refractivity contribution in [2.75, 3.05) is 13.2 Å². The highest BCUT2D eigenvalue weighted by Gasteiger charge is 2.06. The van der Waals surface area contributed by atoms with Gasteiger partial charge in [-0.1, -0.05) is 13.5 Å². The maximum absolute atomic E-state index is 10.9. The lowest BCUT2D eigenvalue weighted by Gasteiger charge is -2.08. The summed E-state index contributed by atoms with van der Waals surface area (Å²) in [5, 5.41) is 0. The molecule has 0 N–H and O–H groups in total. The third-order valence-corrected chi connectivity index (χ3v) is 1.31. The number of nitrogens with zero attached hydrogens (tertiary/aromatic N) is 1. The number of ether oxygens (including phenoxy) is 1. The molecule has 0 aromatic carbocycles. The van der Waals surface area contributed by atoms with Crippen molar-refractivity contribution in [2.45, 2.75) is 13.8 Å². The van der Waals surface area contributed by atoms with E-state index in [9.17, 15) is 9.59 Å². The molecule has 1 atom stereocenters. The molecular formula is C9H13NO3. The molecule has 0 rings (SSSR count). The van der Waals surface area contributed by atoms with E-state index in [4.69, 9.17) is 4.74 Å². The van der Waals surface area contributed by atoms with Crippen LogP contribution in [0.25, 0.3) is 0 Å². The molecule has 0 bridgehead atoms. The molecule has 4 heteroatoms. The average Bonchev–Trinajstić information content (AvgIpc) is 2.10. The highest BCUT2D eigenvalue weighted by molar-refractivity contribution is 5.86. The van der Waals surface area contributed by atoms with E-state index in [1.54, 1.807) is 6.92 Å². The van der Waals surface area contributed by atoms with Gasteiger partial charge in [-0.05, 0) is 6.92 Å². The fourth-order valence-electron chi connectivity index (χ4n) is 0.587. The van der Waals surface area contributed by atoms with Gasteiger partial charge in [-0.3, -0.25) is 0 Å². The minimum atomic E-state index is -0.415. The normalized spacial score (nSPS) is 11.2. The van der Waals surface area contributed by atoms with Crippen LogP contribution in [0.2, 0.25) is 0 Å². The summed E-state index contributed by atoms with van der Waals surface area (Å²) in [4.78, 5) is 24.0. The number of isocyanates is 1. The molecule has 0 heterocycles.